The van der Waals surface area contributed by atoms with Gasteiger partial charge in [0.2, 0.25) is 0 Å². The molecule has 23 heavy (non-hydrogen) atoms. The fourth-order valence-corrected chi connectivity index (χ4v) is 2.29. The van der Waals surface area contributed by atoms with E-state index >= 15 is 0 Å². The highest BCUT2D eigenvalue weighted by Gasteiger charge is 2.11. The molecule has 1 unspecified atom stereocenters. The quantitative estimate of drug-likeness (QED) is 0.779. The van der Waals surface area contributed by atoms with Gasteiger partial charge in [-0.15, -0.1) is 0 Å². The van der Waals surface area contributed by atoms with Gasteiger partial charge in [-0.1, -0.05) is 18.2 Å². The van der Waals surface area contributed by atoms with E-state index < -0.39 is 0 Å². The molecule has 4 nitrogen and oxygen atoms in total. The van der Waals surface area contributed by atoms with Crippen molar-refractivity contribution >= 4 is 5.69 Å². The fraction of sp³-hybridized carbons (Fsp3) is 0.316. The van der Waals surface area contributed by atoms with E-state index in [9.17, 15) is 5.26 Å². The molecule has 0 spiro atoms. The molecular weight excluding hydrogens is 288 g/mol. The summed E-state index contributed by atoms with van der Waals surface area (Å²) in [5, 5.41) is 9.38. The van der Waals surface area contributed by atoms with Gasteiger partial charge in [0.05, 0.1) is 25.7 Å². The van der Waals surface area contributed by atoms with E-state index in [-0.39, 0.29) is 5.92 Å². The van der Waals surface area contributed by atoms with Gasteiger partial charge in [-0.25, -0.2) is 0 Å². The first-order valence-corrected chi connectivity index (χ1v) is 7.58. The van der Waals surface area contributed by atoms with E-state index in [0.29, 0.717) is 13.0 Å². The van der Waals surface area contributed by atoms with Crippen molar-refractivity contribution in [2.45, 2.75) is 12.3 Å². The maximum absolute atomic E-state index is 9.38. The van der Waals surface area contributed by atoms with Gasteiger partial charge >= 0.3 is 0 Å². The molecule has 0 fully saturated rings. The molecule has 0 N–H and O–H groups in total. The maximum atomic E-state index is 9.38. The van der Waals surface area contributed by atoms with E-state index in [4.69, 9.17) is 9.47 Å². The monoisotopic (exact) mass is 310 g/mol. The topological polar surface area (TPSA) is 45.5 Å². The average molecular weight is 310 g/mol. The molecule has 120 valence electrons. The van der Waals surface area contributed by atoms with Crippen LogP contribution >= 0.6 is 0 Å². The summed E-state index contributed by atoms with van der Waals surface area (Å²) in [5.41, 5.74) is 2.08. The molecule has 0 amide bonds. The third kappa shape index (κ3) is 4.65. The number of nitrogens with zero attached hydrogens (tertiary/aromatic N) is 2. The smallest absolute Gasteiger partial charge is 0.121 e. The Balaban J connectivity index is 1.93. The Bertz CT molecular complexity index is 660. The first-order valence-electron chi connectivity index (χ1n) is 7.58. The molecule has 0 aliphatic heterocycles. The van der Waals surface area contributed by atoms with Crippen LogP contribution in [-0.4, -0.2) is 27.8 Å². The Morgan fingerprint density at radius 1 is 1.09 bits per heavy atom. The molecule has 2 rings (SSSR count). The van der Waals surface area contributed by atoms with Crippen LogP contribution in [0.2, 0.25) is 0 Å². The van der Waals surface area contributed by atoms with Gasteiger partial charge in [0.25, 0.3) is 0 Å². The highest BCUT2D eigenvalue weighted by atomic mass is 16.5. The lowest BCUT2D eigenvalue weighted by Gasteiger charge is -2.15. The number of benzene rings is 2. The second-order valence-corrected chi connectivity index (χ2v) is 5.48. The number of anilines is 1. The van der Waals surface area contributed by atoms with Crippen LogP contribution in [0.5, 0.6) is 11.5 Å². The Labute approximate surface area is 137 Å². The van der Waals surface area contributed by atoms with Gasteiger partial charge in [0, 0.05) is 32.3 Å². The van der Waals surface area contributed by atoms with Gasteiger partial charge in [-0.2, -0.15) is 5.26 Å². The third-order valence-electron chi connectivity index (χ3n) is 3.68. The summed E-state index contributed by atoms with van der Waals surface area (Å²) >= 11 is 0. The van der Waals surface area contributed by atoms with Gasteiger partial charge < -0.3 is 14.4 Å². The Hall–Kier alpha value is -2.67. The van der Waals surface area contributed by atoms with E-state index in [1.54, 1.807) is 7.11 Å². The minimum absolute atomic E-state index is 0.182. The van der Waals surface area contributed by atoms with Crippen molar-refractivity contribution in [3.63, 3.8) is 0 Å². The van der Waals surface area contributed by atoms with Crippen LogP contribution in [0.3, 0.4) is 0 Å². The van der Waals surface area contributed by atoms with Crippen LogP contribution in [0, 0.1) is 11.3 Å². The Morgan fingerprint density at radius 2 is 1.83 bits per heavy atom. The summed E-state index contributed by atoms with van der Waals surface area (Å²) in [6, 6.07) is 17.9. The van der Waals surface area contributed by atoms with Crippen molar-refractivity contribution in [1.29, 1.82) is 5.26 Å². The van der Waals surface area contributed by atoms with Crippen molar-refractivity contribution in [1.82, 2.24) is 0 Å². The zero-order chi connectivity index (χ0) is 16.7. The molecule has 2 aromatic carbocycles. The van der Waals surface area contributed by atoms with Crippen molar-refractivity contribution in [2.24, 2.45) is 0 Å². The van der Waals surface area contributed by atoms with Gasteiger partial charge in [0.1, 0.15) is 11.5 Å². The van der Waals surface area contributed by atoms with E-state index in [1.807, 2.05) is 67.5 Å². The molecule has 4 heteroatoms. The van der Waals surface area contributed by atoms with E-state index in [2.05, 4.69) is 6.07 Å². The zero-order valence-corrected chi connectivity index (χ0v) is 13.8. The normalized spacial score (nSPS) is 11.4. The minimum Gasteiger partial charge on any atom is -0.497 e. The molecule has 0 bridgehead atoms. The number of nitriles is 1. The van der Waals surface area contributed by atoms with Gasteiger partial charge in [-0.3, -0.25) is 0 Å². The molecule has 0 heterocycles. The predicted molar refractivity (Wildman–Crippen MR) is 92.2 cm³/mol. The van der Waals surface area contributed by atoms with E-state index in [0.717, 1.165) is 22.7 Å². The summed E-state index contributed by atoms with van der Waals surface area (Å²) in [5.74, 6) is 1.43. The standard InChI is InChI=1S/C19H22N2O2/c1-21(2)17-5-4-6-19(13-17)23-12-11-16(14-20)15-7-9-18(22-3)10-8-15/h4-10,13,16H,11-12H2,1-3H3. The molecule has 0 radical (unpaired) electrons. The van der Waals surface area contributed by atoms with E-state index in [1.165, 1.54) is 0 Å². The largest absolute Gasteiger partial charge is 0.497 e. The molecule has 2 aromatic rings. The predicted octanol–water partition coefficient (Wildman–Crippen LogP) is 3.84. The molecule has 1 atom stereocenters. The highest BCUT2D eigenvalue weighted by molar-refractivity contribution is 5.49. The van der Waals surface area contributed by atoms with Crippen LogP contribution in [0.25, 0.3) is 0 Å². The molecule has 0 saturated carbocycles. The van der Waals surface area contributed by atoms with Crippen LogP contribution in [-0.2, 0) is 0 Å². The Morgan fingerprint density at radius 3 is 2.43 bits per heavy atom. The number of hydrogen-bond donors (Lipinski definition) is 0. The number of ether oxygens (including phenoxy) is 2. The fourth-order valence-electron chi connectivity index (χ4n) is 2.29. The third-order valence-corrected chi connectivity index (χ3v) is 3.68. The molecule has 0 aliphatic carbocycles. The Kier molecular flexibility index (Phi) is 5.87. The van der Waals surface area contributed by atoms with Crippen molar-refractivity contribution in [3.8, 4) is 17.6 Å². The van der Waals surface area contributed by atoms with Crippen LogP contribution in [0.4, 0.5) is 5.69 Å². The van der Waals surface area contributed by atoms with Gasteiger partial charge in [-0.05, 0) is 29.8 Å². The van der Waals surface area contributed by atoms with Crippen molar-refractivity contribution in [2.75, 3.05) is 32.7 Å². The van der Waals surface area contributed by atoms with Gasteiger partial charge in [0.15, 0.2) is 0 Å². The molecular formula is C19H22N2O2. The average Bonchev–Trinajstić information content (AvgIpc) is 2.59. The second kappa shape index (κ2) is 8.09. The summed E-state index contributed by atoms with van der Waals surface area (Å²) in [4.78, 5) is 2.03. The van der Waals surface area contributed by atoms with Crippen molar-refractivity contribution in [3.05, 3.63) is 54.1 Å². The number of rotatable bonds is 7. The lowest BCUT2D eigenvalue weighted by molar-refractivity contribution is 0.306. The second-order valence-electron chi connectivity index (χ2n) is 5.48. The first-order chi connectivity index (χ1) is 11.1. The number of hydrogen-bond acceptors (Lipinski definition) is 4. The highest BCUT2D eigenvalue weighted by Crippen LogP contribution is 2.23. The van der Waals surface area contributed by atoms with Crippen LogP contribution in [0.15, 0.2) is 48.5 Å². The minimum atomic E-state index is -0.182. The van der Waals surface area contributed by atoms with Crippen LogP contribution < -0.4 is 14.4 Å². The SMILES string of the molecule is COc1ccc(C(C#N)CCOc2cccc(N(C)C)c2)cc1. The lowest BCUT2D eigenvalue weighted by Crippen LogP contribution is -2.09. The molecule has 0 saturated heterocycles. The summed E-state index contributed by atoms with van der Waals surface area (Å²) in [6.07, 6.45) is 0.648. The summed E-state index contributed by atoms with van der Waals surface area (Å²) in [6.45, 7) is 0.501. The number of methoxy groups -OCH3 is 1. The molecule has 0 aliphatic rings. The summed E-state index contributed by atoms with van der Waals surface area (Å²) < 4.78 is 10.9. The zero-order valence-electron chi connectivity index (χ0n) is 13.8. The van der Waals surface area contributed by atoms with Crippen molar-refractivity contribution < 1.29 is 9.47 Å². The molecule has 0 aromatic heterocycles. The maximum Gasteiger partial charge on any atom is 0.121 e. The first kappa shape index (κ1) is 16.7. The van der Waals surface area contributed by atoms with Crippen LogP contribution in [0.1, 0.15) is 17.9 Å². The lowest BCUT2D eigenvalue weighted by atomic mass is 9.97. The summed E-state index contributed by atoms with van der Waals surface area (Å²) in [7, 11) is 5.62.